The van der Waals surface area contributed by atoms with Gasteiger partial charge < -0.3 is 0 Å². The largest absolute Gasteiger partial charge is 0.269 e. The Hall–Kier alpha value is 0.729. The Labute approximate surface area is 132 Å². The summed E-state index contributed by atoms with van der Waals surface area (Å²) in [6.45, 7) is 0. The van der Waals surface area contributed by atoms with E-state index in [1.165, 1.54) is 11.8 Å². The zero-order valence-corrected chi connectivity index (χ0v) is 16.1. The van der Waals surface area contributed by atoms with E-state index in [0.29, 0.717) is 0 Å². The van der Waals surface area contributed by atoms with Crippen molar-refractivity contribution in [2.75, 3.05) is 0 Å². The van der Waals surface area contributed by atoms with Crippen molar-refractivity contribution in [2.45, 2.75) is 108 Å². The van der Waals surface area contributed by atoms with Crippen molar-refractivity contribution in [1.82, 2.24) is 0 Å². The van der Waals surface area contributed by atoms with Crippen molar-refractivity contribution in [3.05, 3.63) is 0 Å². The van der Waals surface area contributed by atoms with Crippen LogP contribution in [0.3, 0.4) is 0 Å². The molecule has 0 atom stereocenters. The molecule has 0 unspecified atom stereocenters. The van der Waals surface area contributed by atoms with E-state index in [1.54, 1.807) is 96.3 Å². The minimum atomic E-state index is -1.15. The molecule has 0 spiro atoms. The topological polar surface area (TPSA) is 0 Å². The van der Waals surface area contributed by atoms with Crippen LogP contribution in [0.15, 0.2) is 0 Å². The molecule has 0 amide bonds. The molecular formula is C18H34FSn. The second kappa shape index (κ2) is 9.00. The Morgan fingerprint density at radius 3 is 0.900 bits per heavy atom. The summed E-state index contributed by atoms with van der Waals surface area (Å²) in [6.07, 6.45) is 24.2. The van der Waals surface area contributed by atoms with E-state index in [9.17, 15) is 0 Å². The van der Waals surface area contributed by atoms with Gasteiger partial charge in [0.15, 0.2) is 0 Å². The van der Waals surface area contributed by atoms with Gasteiger partial charge >= 0.3 is 128 Å². The van der Waals surface area contributed by atoms with Crippen molar-refractivity contribution >= 4 is 19.8 Å². The number of hydrogen-bond acceptors (Lipinski definition) is 0. The van der Waals surface area contributed by atoms with E-state index < -0.39 is 19.8 Å². The molecule has 0 aromatic rings. The Balaban J connectivity index is 0.00000147. The molecule has 1 radical (unpaired) electrons. The van der Waals surface area contributed by atoms with Gasteiger partial charge in [-0.3, -0.25) is 4.70 Å². The van der Waals surface area contributed by atoms with Gasteiger partial charge in [-0.05, 0) is 0 Å². The molecule has 20 heavy (non-hydrogen) atoms. The number of rotatable bonds is 3. The van der Waals surface area contributed by atoms with Gasteiger partial charge in [0.2, 0.25) is 0 Å². The van der Waals surface area contributed by atoms with Crippen LogP contribution in [0.25, 0.3) is 0 Å². The van der Waals surface area contributed by atoms with Crippen LogP contribution in [0.1, 0.15) is 96.3 Å². The number of halogens is 1. The van der Waals surface area contributed by atoms with Crippen LogP contribution >= 0.6 is 0 Å². The van der Waals surface area contributed by atoms with Crippen LogP contribution in [0.5, 0.6) is 0 Å². The van der Waals surface area contributed by atoms with Crippen LogP contribution < -0.4 is 0 Å². The second-order valence-corrected chi connectivity index (χ2v) is 17.3. The Morgan fingerprint density at radius 2 is 0.650 bits per heavy atom. The molecule has 117 valence electrons. The molecule has 0 heterocycles. The predicted octanol–water partition coefficient (Wildman–Crippen LogP) is 6.64. The van der Waals surface area contributed by atoms with E-state index in [1.807, 2.05) is 0 Å². The summed E-state index contributed by atoms with van der Waals surface area (Å²) < 4.78 is 3.96. The standard InChI is InChI=1S/3C6H11.FH.Sn/c3*1-2-4-6-5-3-1;;/h3*1H,2-6H2;1H;. The smallest absolute Gasteiger partial charge is 0.269 e. The normalized spacial score (nSPS) is 27.4. The zero-order chi connectivity index (χ0) is 12.9. The molecule has 3 aliphatic rings. The van der Waals surface area contributed by atoms with E-state index in [-0.39, 0.29) is 4.70 Å². The maximum Gasteiger partial charge on any atom is -0.269 e. The average Bonchev–Trinajstić information content (AvgIpc) is 2.51. The third kappa shape index (κ3) is 4.36. The first kappa shape index (κ1) is 17.1. The summed E-state index contributed by atoms with van der Waals surface area (Å²) in [5.74, 6) is 0. The maximum absolute atomic E-state index is 1.67. The molecule has 0 N–H and O–H groups in total. The van der Waals surface area contributed by atoms with Gasteiger partial charge in [-0.1, -0.05) is 0 Å². The fraction of sp³-hybridized carbons (Fsp3) is 1.00. The van der Waals surface area contributed by atoms with E-state index in [4.69, 9.17) is 0 Å². The van der Waals surface area contributed by atoms with Gasteiger partial charge in [0, 0.05) is 0 Å². The van der Waals surface area contributed by atoms with E-state index in [2.05, 4.69) is 0 Å². The van der Waals surface area contributed by atoms with Crippen molar-refractivity contribution in [3.63, 3.8) is 0 Å². The summed E-state index contributed by atoms with van der Waals surface area (Å²) in [7, 11) is 0. The maximum atomic E-state index is 1.67. The van der Waals surface area contributed by atoms with Crippen molar-refractivity contribution in [3.8, 4) is 0 Å². The summed E-state index contributed by atoms with van der Waals surface area (Å²) in [5.41, 5.74) is 0. The molecule has 0 aromatic heterocycles. The molecule has 3 aliphatic carbocycles. The average molecular weight is 388 g/mol. The molecule has 0 bridgehead atoms. The molecule has 0 nitrogen and oxygen atoms in total. The van der Waals surface area contributed by atoms with E-state index >= 15 is 0 Å². The molecular weight excluding hydrogens is 354 g/mol. The summed E-state index contributed by atoms with van der Waals surface area (Å²) in [6, 6.07) is 0. The Morgan fingerprint density at radius 1 is 0.400 bits per heavy atom. The van der Waals surface area contributed by atoms with Gasteiger partial charge in [-0.15, -0.1) is 0 Å². The third-order valence-electron chi connectivity index (χ3n) is 6.23. The molecule has 3 rings (SSSR count). The monoisotopic (exact) mass is 389 g/mol. The second-order valence-electron chi connectivity index (χ2n) is 7.50. The number of hydrogen-bond donors (Lipinski definition) is 0. The predicted molar refractivity (Wildman–Crippen MR) is 88.8 cm³/mol. The molecule has 3 saturated carbocycles. The third-order valence-corrected chi connectivity index (χ3v) is 19.2. The molecule has 3 fully saturated rings. The van der Waals surface area contributed by atoms with Gasteiger partial charge in [0.1, 0.15) is 0 Å². The van der Waals surface area contributed by atoms with Crippen LogP contribution in [-0.4, -0.2) is 19.8 Å². The SMILES string of the molecule is C1CC[CH]([Sn]([CH]2CCCCC2)[CH]2CCCCC2)CC1.F. The van der Waals surface area contributed by atoms with E-state index in [0.717, 1.165) is 0 Å². The fourth-order valence-electron chi connectivity index (χ4n) is 5.31. The van der Waals surface area contributed by atoms with Crippen molar-refractivity contribution < 1.29 is 4.70 Å². The van der Waals surface area contributed by atoms with Crippen LogP contribution in [-0.2, 0) is 0 Å². The summed E-state index contributed by atoms with van der Waals surface area (Å²) >= 11 is -1.15. The van der Waals surface area contributed by atoms with Crippen molar-refractivity contribution in [2.24, 2.45) is 0 Å². The summed E-state index contributed by atoms with van der Waals surface area (Å²) in [4.78, 5) is 0. The molecule has 2 heteroatoms. The van der Waals surface area contributed by atoms with Crippen LogP contribution in [0, 0.1) is 0 Å². The van der Waals surface area contributed by atoms with Gasteiger partial charge in [0.05, 0.1) is 0 Å². The Bertz CT molecular complexity index is 207. The quantitative estimate of drug-likeness (QED) is 0.476. The van der Waals surface area contributed by atoms with Gasteiger partial charge in [-0.25, -0.2) is 0 Å². The van der Waals surface area contributed by atoms with Crippen LogP contribution in [0.4, 0.5) is 4.70 Å². The zero-order valence-electron chi connectivity index (χ0n) is 13.2. The minimum Gasteiger partial charge on any atom is -0.269 e. The summed E-state index contributed by atoms with van der Waals surface area (Å²) in [5, 5.41) is 0. The fourth-order valence-corrected chi connectivity index (χ4v) is 20.2. The molecule has 0 aliphatic heterocycles. The Kier molecular flexibility index (Phi) is 7.69. The van der Waals surface area contributed by atoms with Gasteiger partial charge in [0.25, 0.3) is 0 Å². The first-order chi connectivity index (χ1) is 9.45. The first-order valence-corrected chi connectivity index (χ1v) is 14.3. The van der Waals surface area contributed by atoms with Gasteiger partial charge in [-0.2, -0.15) is 0 Å². The van der Waals surface area contributed by atoms with Crippen LogP contribution in [0.2, 0.25) is 11.8 Å². The first-order valence-electron chi connectivity index (χ1n) is 9.32. The molecule has 0 aromatic carbocycles. The molecule has 0 saturated heterocycles. The van der Waals surface area contributed by atoms with Crippen molar-refractivity contribution in [1.29, 1.82) is 0 Å². The minimum absolute atomic E-state index is 0.